The van der Waals surface area contributed by atoms with Gasteiger partial charge in [-0.25, -0.2) is 0 Å². The standard InChI is InChI=1S/C13H23N3/c1-10-9-12(3)16(15-10)11(2)5-4-8-14-13-6-7-13/h9,11,13-14H,4-8H2,1-3H3. The molecule has 0 aliphatic heterocycles. The molecule has 1 aliphatic rings. The molecule has 2 rings (SSSR count). The molecule has 1 N–H and O–H groups in total. The summed E-state index contributed by atoms with van der Waals surface area (Å²) in [6.45, 7) is 7.62. The van der Waals surface area contributed by atoms with Crippen LogP contribution in [0.4, 0.5) is 0 Å². The largest absolute Gasteiger partial charge is 0.314 e. The lowest BCUT2D eigenvalue weighted by atomic mass is 10.2. The Morgan fingerprint density at radius 1 is 1.50 bits per heavy atom. The molecule has 90 valence electrons. The number of hydrogen-bond acceptors (Lipinski definition) is 2. The molecule has 1 atom stereocenters. The Hall–Kier alpha value is -0.830. The first-order chi connectivity index (χ1) is 7.66. The third kappa shape index (κ3) is 3.08. The zero-order chi connectivity index (χ0) is 11.5. The van der Waals surface area contributed by atoms with Gasteiger partial charge in [-0.2, -0.15) is 5.10 Å². The van der Waals surface area contributed by atoms with Crippen molar-refractivity contribution in [2.45, 2.75) is 58.5 Å². The van der Waals surface area contributed by atoms with E-state index in [0.717, 1.165) is 18.3 Å². The summed E-state index contributed by atoms with van der Waals surface area (Å²) in [6.07, 6.45) is 5.22. The fraction of sp³-hybridized carbons (Fsp3) is 0.769. The molecule has 1 aromatic rings. The lowest BCUT2D eigenvalue weighted by Crippen LogP contribution is -2.19. The van der Waals surface area contributed by atoms with Crippen LogP contribution in [0.3, 0.4) is 0 Å². The molecule has 0 saturated heterocycles. The molecule has 3 nitrogen and oxygen atoms in total. The maximum absolute atomic E-state index is 4.53. The van der Waals surface area contributed by atoms with Crippen molar-refractivity contribution in [1.29, 1.82) is 0 Å². The van der Waals surface area contributed by atoms with E-state index in [4.69, 9.17) is 0 Å². The van der Waals surface area contributed by atoms with Crippen LogP contribution in [0.1, 0.15) is 50.0 Å². The van der Waals surface area contributed by atoms with Crippen LogP contribution >= 0.6 is 0 Å². The number of aryl methyl sites for hydroxylation is 2. The van der Waals surface area contributed by atoms with E-state index in [1.165, 1.54) is 31.4 Å². The van der Waals surface area contributed by atoms with E-state index in [9.17, 15) is 0 Å². The second-order valence-electron chi connectivity index (χ2n) is 5.09. The van der Waals surface area contributed by atoms with Gasteiger partial charge < -0.3 is 5.32 Å². The third-order valence-electron chi connectivity index (χ3n) is 3.27. The summed E-state index contributed by atoms with van der Waals surface area (Å²) < 4.78 is 2.16. The zero-order valence-corrected chi connectivity index (χ0v) is 10.7. The Morgan fingerprint density at radius 2 is 2.25 bits per heavy atom. The van der Waals surface area contributed by atoms with Crippen molar-refractivity contribution in [3.8, 4) is 0 Å². The maximum Gasteiger partial charge on any atom is 0.0596 e. The van der Waals surface area contributed by atoms with E-state index in [1.807, 2.05) is 0 Å². The second kappa shape index (κ2) is 5.00. The van der Waals surface area contributed by atoms with Crippen molar-refractivity contribution >= 4 is 0 Å². The normalized spacial score (nSPS) is 17.7. The summed E-state index contributed by atoms with van der Waals surface area (Å²) in [5.74, 6) is 0. The fourth-order valence-electron chi connectivity index (χ4n) is 2.21. The fourth-order valence-corrected chi connectivity index (χ4v) is 2.21. The first-order valence-corrected chi connectivity index (χ1v) is 6.43. The van der Waals surface area contributed by atoms with Crippen LogP contribution < -0.4 is 5.32 Å². The van der Waals surface area contributed by atoms with E-state index in [1.54, 1.807) is 0 Å². The monoisotopic (exact) mass is 221 g/mol. The highest BCUT2D eigenvalue weighted by atomic mass is 15.3. The molecule has 1 aliphatic carbocycles. The van der Waals surface area contributed by atoms with Gasteiger partial charge >= 0.3 is 0 Å². The molecule has 3 heteroatoms. The molecule has 1 aromatic heterocycles. The minimum absolute atomic E-state index is 0.523. The lowest BCUT2D eigenvalue weighted by Gasteiger charge is -2.14. The van der Waals surface area contributed by atoms with Gasteiger partial charge in [0.05, 0.1) is 5.69 Å². The molecular weight excluding hydrogens is 198 g/mol. The van der Waals surface area contributed by atoms with E-state index >= 15 is 0 Å². The minimum atomic E-state index is 0.523. The van der Waals surface area contributed by atoms with E-state index in [2.05, 4.69) is 41.9 Å². The summed E-state index contributed by atoms with van der Waals surface area (Å²) in [4.78, 5) is 0. The predicted octanol–water partition coefficient (Wildman–Crippen LogP) is 2.59. The first-order valence-electron chi connectivity index (χ1n) is 6.43. The van der Waals surface area contributed by atoms with Crippen molar-refractivity contribution in [2.24, 2.45) is 0 Å². The summed E-state index contributed by atoms with van der Waals surface area (Å²) in [7, 11) is 0. The van der Waals surface area contributed by atoms with Crippen LogP contribution in [0, 0.1) is 13.8 Å². The molecule has 0 aromatic carbocycles. The Balaban J connectivity index is 1.73. The molecule has 1 heterocycles. The molecule has 1 unspecified atom stereocenters. The number of nitrogens with one attached hydrogen (secondary N) is 1. The molecule has 0 amide bonds. The van der Waals surface area contributed by atoms with Crippen LogP contribution in [0.5, 0.6) is 0 Å². The average molecular weight is 221 g/mol. The number of nitrogens with zero attached hydrogens (tertiary/aromatic N) is 2. The van der Waals surface area contributed by atoms with Crippen LogP contribution in [0.2, 0.25) is 0 Å². The number of aromatic nitrogens is 2. The van der Waals surface area contributed by atoms with Gasteiger partial charge in [-0.15, -0.1) is 0 Å². The Kier molecular flexibility index (Phi) is 3.64. The third-order valence-corrected chi connectivity index (χ3v) is 3.27. The minimum Gasteiger partial charge on any atom is -0.314 e. The van der Waals surface area contributed by atoms with Gasteiger partial charge in [0.1, 0.15) is 0 Å². The van der Waals surface area contributed by atoms with Gasteiger partial charge in [0.15, 0.2) is 0 Å². The highest BCUT2D eigenvalue weighted by Crippen LogP contribution is 2.19. The molecule has 1 saturated carbocycles. The summed E-state index contributed by atoms with van der Waals surface area (Å²) >= 11 is 0. The van der Waals surface area contributed by atoms with Crippen molar-refractivity contribution in [3.63, 3.8) is 0 Å². The summed E-state index contributed by atoms with van der Waals surface area (Å²) in [5, 5.41) is 8.09. The molecule has 0 radical (unpaired) electrons. The zero-order valence-electron chi connectivity index (χ0n) is 10.7. The van der Waals surface area contributed by atoms with E-state index in [-0.39, 0.29) is 0 Å². The van der Waals surface area contributed by atoms with Gasteiger partial charge in [-0.1, -0.05) is 0 Å². The first kappa shape index (κ1) is 11.6. The summed E-state index contributed by atoms with van der Waals surface area (Å²) in [6, 6.07) is 3.51. The second-order valence-corrected chi connectivity index (χ2v) is 5.09. The molecule has 0 spiro atoms. The molecule has 0 bridgehead atoms. The summed E-state index contributed by atoms with van der Waals surface area (Å²) in [5.41, 5.74) is 2.40. The van der Waals surface area contributed by atoms with Crippen molar-refractivity contribution in [3.05, 3.63) is 17.5 Å². The van der Waals surface area contributed by atoms with E-state index < -0.39 is 0 Å². The Labute approximate surface area is 98.2 Å². The average Bonchev–Trinajstić information content (AvgIpc) is 2.98. The van der Waals surface area contributed by atoms with Gasteiger partial charge in [0.25, 0.3) is 0 Å². The molecule has 16 heavy (non-hydrogen) atoms. The topological polar surface area (TPSA) is 29.9 Å². The van der Waals surface area contributed by atoms with Gasteiger partial charge in [0.2, 0.25) is 0 Å². The molecular formula is C13H23N3. The van der Waals surface area contributed by atoms with Gasteiger partial charge in [-0.3, -0.25) is 4.68 Å². The predicted molar refractivity (Wildman–Crippen MR) is 66.7 cm³/mol. The Morgan fingerprint density at radius 3 is 2.81 bits per heavy atom. The highest BCUT2D eigenvalue weighted by molar-refractivity contribution is 5.07. The van der Waals surface area contributed by atoms with Crippen LogP contribution in [-0.2, 0) is 0 Å². The van der Waals surface area contributed by atoms with Crippen molar-refractivity contribution in [2.75, 3.05) is 6.54 Å². The number of rotatable bonds is 6. The van der Waals surface area contributed by atoms with Gasteiger partial charge in [0, 0.05) is 17.8 Å². The van der Waals surface area contributed by atoms with Crippen LogP contribution in [0.25, 0.3) is 0 Å². The van der Waals surface area contributed by atoms with Crippen LogP contribution in [0.15, 0.2) is 6.07 Å². The van der Waals surface area contributed by atoms with Gasteiger partial charge in [-0.05, 0) is 59.1 Å². The van der Waals surface area contributed by atoms with Crippen molar-refractivity contribution < 1.29 is 0 Å². The lowest BCUT2D eigenvalue weighted by molar-refractivity contribution is 0.429. The highest BCUT2D eigenvalue weighted by Gasteiger charge is 2.19. The smallest absolute Gasteiger partial charge is 0.0596 e. The van der Waals surface area contributed by atoms with Crippen LogP contribution in [-0.4, -0.2) is 22.4 Å². The maximum atomic E-state index is 4.53. The van der Waals surface area contributed by atoms with E-state index in [0.29, 0.717) is 6.04 Å². The van der Waals surface area contributed by atoms with Crippen molar-refractivity contribution in [1.82, 2.24) is 15.1 Å². The Bertz CT molecular complexity index is 339. The molecule has 1 fully saturated rings. The number of hydrogen-bond donors (Lipinski definition) is 1. The quantitative estimate of drug-likeness (QED) is 0.748. The SMILES string of the molecule is Cc1cc(C)n(C(C)CCCNC2CC2)n1.